The molecular formula is C16H28N2S. The molecule has 1 aromatic heterocycles. The summed E-state index contributed by atoms with van der Waals surface area (Å²) < 4.78 is 0. The van der Waals surface area contributed by atoms with E-state index in [0.29, 0.717) is 0 Å². The van der Waals surface area contributed by atoms with Crippen LogP contribution in [0.25, 0.3) is 0 Å². The summed E-state index contributed by atoms with van der Waals surface area (Å²) in [5, 5.41) is 7.98. The normalized spacial score (nSPS) is 23.9. The molecule has 1 saturated carbocycles. The standard InChI is InChI=1S/C16H28N2S/c1-14-5-3-4-6-16(14)18(2)11-10-17-9-7-15-8-12-19-13-15/h8,12-14,16-17H,3-7,9-11H2,1-2H3. The average Bonchev–Trinajstić information content (AvgIpc) is 2.92. The minimum atomic E-state index is 0.812. The number of likely N-dealkylation sites (N-methyl/N-ethyl adjacent to an activating group) is 1. The SMILES string of the molecule is CC1CCCCC1N(C)CCNCCc1ccsc1. The van der Waals surface area contributed by atoms with Crippen LogP contribution in [0.1, 0.15) is 38.2 Å². The van der Waals surface area contributed by atoms with Crippen LogP contribution < -0.4 is 5.32 Å². The highest BCUT2D eigenvalue weighted by atomic mass is 32.1. The van der Waals surface area contributed by atoms with Gasteiger partial charge in [-0.1, -0.05) is 19.8 Å². The Balaban J connectivity index is 1.57. The van der Waals surface area contributed by atoms with Crippen molar-refractivity contribution in [3.63, 3.8) is 0 Å². The summed E-state index contributed by atoms with van der Waals surface area (Å²) >= 11 is 1.79. The second-order valence-corrected chi connectivity index (χ2v) is 6.72. The summed E-state index contributed by atoms with van der Waals surface area (Å²) in [6, 6.07) is 3.04. The zero-order valence-electron chi connectivity index (χ0n) is 12.4. The van der Waals surface area contributed by atoms with E-state index in [1.54, 1.807) is 11.3 Å². The Hall–Kier alpha value is -0.380. The molecule has 108 valence electrons. The van der Waals surface area contributed by atoms with Gasteiger partial charge in [0.1, 0.15) is 0 Å². The van der Waals surface area contributed by atoms with E-state index in [0.717, 1.165) is 31.5 Å². The van der Waals surface area contributed by atoms with Gasteiger partial charge >= 0.3 is 0 Å². The largest absolute Gasteiger partial charge is 0.315 e. The van der Waals surface area contributed by atoms with E-state index in [-0.39, 0.29) is 0 Å². The summed E-state index contributed by atoms with van der Waals surface area (Å²) in [5.74, 6) is 0.879. The molecule has 19 heavy (non-hydrogen) atoms. The van der Waals surface area contributed by atoms with Gasteiger partial charge in [-0.2, -0.15) is 11.3 Å². The van der Waals surface area contributed by atoms with Gasteiger partial charge in [0.2, 0.25) is 0 Å². The minimum Gasteiger partial charge on any atom is -0.315 e. The third kappa shape index (κ3) is 4.90. The van der Waals surface area contributed by atoms with E-state index >= 15 is 0 Å². The number of hydrogen-bond acceptors (Lipinski definition) is 3. The predicted octanol–water partition coefficient (Wildman–Crippen LogP) is 3.39. The third-order valence-corrected chi connectivity index (χ3v) is 5.18. The number of hydrogen-bond donors (Lipinski definition) is 1. The van der Waals surface area contributed by atoms with Crippen molar-refractivity contribution in [2.75, 3.05) is 26.7 Å². The Bertz CT molecular complexity index is 337. The summed E-state index contributed by atoms with van der Waals surface area (Å²) in [6.07, 6.45) is 6.83. The van der Waals surface area contributed by atoms with Crippen LogP contribution >= 0.6 is 11.3 Å². The first kappa shape index (κ1) is 15.0. The Kier molecular flexibility index (Phi) is 6.35. The van der Waals surface area contributed by atoms with Crippen molar-refractivity contribution >= 4 is 11.3 Å². The van der Waals surface area contributed by atoms with Crippen molar-refractivity contribution in [1.82, 2.24) is 10.2 Å². The Labute approximate surface area is 122 Å². The first-order chi connectivity index (χ1) is 9.27. The molecule has 0 radical (unpaired) electrons. The average molecular weight is 280 g/mol. The molecule has 0 amide bonds. The maximum absolute atomic E-state index is 3.57. The molecule has 2 unspecified atom stereocenters. The van der Waals surface area contributed by atoms with Crippen LogP contribution in [-0.2, 0) is 6.42 Å². The first-order valence-corrected chi connectivity index (χ1v) is 8.63. The van der Waals surface area contributed by atoms with Crippen molar-refractivity contribution in [3.05, 3.63) is 22.4 Å². The van der Waals surface area contributed by atoms with Crippen LogP contribution in [0.15, 0.2) is 16.8 Å². The topological polar surface area (TPSA) is 15.3 Å². The van der Waals surface area contributed by atoms with Gasteiger partial charge in [0.05, 0.1) is 0 Å². The van der Waals surface area contributed by atoms with Crippen molar-refractivity contribution in [2.45, 2.75) is 45.1 Å². The van der Waals surface area contributed by atoms with Crippen molar-refractivity contribution in [3.8, 4) is 0 Å². The van der Waals surface area contributed by atoms with Crippen LogP contribution in [0.3, 0.4) is 0 Å². The lowest BCUT2D eigenvalue weighted by atomic mass is 9.85. The van der Waals surface area contributed by atoms with Crippen molar-refractivity contribution in [2.24, 2.45) is 5.92 Å². The fraction of sp³-hybridized carbons (Fsp3) is 0.750. The smallest absolute Gasteiger partial charge is 0.0118 e. The van der Waals surface area contributed by atoms with Crippen LogP contribution in [0, 0.1) is 5.92 Å². The van der Waals surface area contributed by atoms with Gasteiger partial charge in [-0.15, -0.1) is 0 Å². The number of rotatable bonds is 7. The van der Waals surface area contributed by atoms with Gasteiger partial charge in [0.15, 0.2) is 0 Å². The highest BCUT2D eigenvalue weighted by Gasteiger charge is 2.24. The van der Waals surface area contributed by atoms with Crippen molar-refractivity contribution < 1.29 is 0 Å². The molecule has 1 aliphatic carbocycles. The Morgan fingerprint density at radius 1 is 1.32 bits per heavy atom. The van der Waals surface area contributed by atoms with Gasteiger partial charge in [0.25, 0.3) is 0 Å². The highest BCUT2D eigenvalue weighted by molar-refractivity contribution is 7.07. The van der Waals surface area contributed by atoms with Crippen LogP contribution in [0.2, 0.25) is 0 Å². The summed E-state index contributed by atoms with van der Waals surface area (Å²) in [5.41, 5.74) is 1.46. The molecule has 1 heterocycles. The van der Waals surface area contributed by atoms with E-state index < -0.39 is 0 Å². The molecule has 0 spiro atoms. The fourth-order valence-electron chi connectivity index (χ4n) is 3.17. The van der Waals surface area contributed by atoms with Gasteiger partial charge in [-0.25, -0.2) is 0 Å². The zero-order valence-corrected chi connectivity index (χ0v) is 13.2. The molecule has 2 rings (SSSR count). The molecule has 2 atom stereocenters. The zero-order chi connectivity index (χ0) is 13.5. The minimum absolute atomic E-state index is 0.812. The van der Waals surface area contributed by atoms with E-state index in [9.17, 15) is 0 Å². The molecule has 0 bridgehead atoms. The van der Waals surface area contributed by atoms with E-state index in [1.165, 1.54) is 37.8 Å². The number of nitrogens with one attached hydrogen (secondary N) is 1. The van der Waals surface area contributed by atoms with Gasteiger partial charge in [-0.05, 0) is 61.2 Å². The molecule has 1 aliphatic rings. The molecule has 0 aromatic carbocycles. The monoisotopic (exact) mass is 280 g/mol. The lowest BCUT2D eigenvalue weighted by Crippen LogP contribution is -2.42. The van der Waals surface area contributed by atoms with Crippen LogP contribution in [0.4, 0.5) is 0 Å². The van der Waals surface area contributed by atoms with Crippen LogP contribution in [-0.4, -0.2) is 37.6 Å². The predicted molar refractivity (Wildman–Crippen MR) is 84.9 cm³/mol. The lowest BCUT2D eigenvalue weighted by molar-refractivity contribution is 0.140. The lowest BCUT2D eigenvalue weighted by Gasteiger charge is -2.36. The summed E-state index contributed by atoms with van der Waals surface area (Å²) in [7, 11) is 2.30. The fourth-order valence-corrected chi connectivity index (χ4v) is 3.87. The second-order valence-electron chi connectivity index (χ2n) is 5.94. The van der Waals surface area contributed by atoms with E-state index in [4.69, 9.17) is 0 Å². The molecule has 0 saturated heterocycles. The second kappa shape index (κ2) is 8.03. The molecule has 1 N–H and O–H groups in total. The Morgan fingerprint density at radius 3 is 2.89 bits per heavy atom. The van der Waals surface area contributed by atoms with Gasteiger partial charge in [-0.3, -0.25) is 0 Å². The Morgan fingerprint density at radius 2 is 2.16 bits per heavy atom. The molecule has 2 nitrogen and oxygen atoms in total. The molecule has 3 heteroatoms. The summed E-state index contributed by atoms with van der Waals surface area (Å²) in [4.78, 5) is 2.57. The van der Waals surface area contributed by atoms with Gasteiger partial charge < -0.3 is 10.2 Å². The number of nitrogens with zero attached hydrogens (tertiary/aromatic N) is 1. The third-order valence-electron chi connectivity index (χ3n) is 4.44. The van der Waals surface area contributed by atoms with E-state index in [2.05, 4.69) is 41.0 Å². The number of thiophene rings is 1. The van der Waals surface area contributed by atoms with Crippen molar-refractivity contribution in [1.29, 1.82) is 0 Å². The van der Waals surface area contributed by atoms with Gasteiger partial charge in [0, 0.05) is 19.1 Å². The molecule has 1 fully saturated rings. The highest BCUT2D eigenvalue weighted by Crippen LogP contribution is 2.26. The maximum atomic E-state index is 3.57. The molecular weight excluding hydrogens is 252 g/mol. The first-order valence-electron chi connectivity index (χ1n) is 7.69. The molecule has 1 aromatic rings. The van der Waals surface area contributed by atoms with Crippen LogP contribution in [0.5, 0.6) is 0 Å². The van der Waals surface area contributed by atoms with E-state index in [1.807, 2.05) is 0 Å². The maximum Gasteiger partial charge on any atom is 0.0118 e. The quantitative estimate of drug-likeness (QED) is 0.770. The summed E-state index contributed by atoms with van der Waals surface area (Å²) in [6.45, 7) is 5.82. The molecule has 0 aliphatic heterocycles.